The quantitative estimate of drug-likeness (QED) is 0.852. The van der Waals surface area contributed by atoms with E-state index in [1.807, 2.05) is 6.07 Å². The highest BCUT2D eigenvalue weighted by atomic mass is 19.1. The molecular formula is C17H18FN3O3. The van der Waals surface area contributed by atoms with Crippen LogP contribution in [0.15, 0.2) is 30.6 Å². The lowest BCUT2D eigenvalue weighted by molar-refractivity contribution is -0.105. The van der Waals surface area contributed by atoms with E-state index in [0.29, 0.717) is 36.5 Å². The molecule has 1 aliphatic rings. The molecule has 6 nitrogen and oxygen atoms in total. The molecule has 1 aromatic heterocycles. The van der Waals surface area contributed by atoms with Crippen LogP contribution in [0.5, 0.6) is 5.75 Å². The molecule has 7 heteroatoms. The number of hydrogen-bond donors (Lipinski definition) is 1. The van der Waals surface area contributed by atoms with Gasteiger partial charge in [-0.25, -0.2) is 4.39 Å². The van der Waals surface area contributed by atoms with Gasteiger partial charge in [-0.2, -0.15) is 0 Å². The Morgan fingerprint density at radius 1 is 1.29 bits per heavy atom. The Morgan fingerprint density at radius 2 is 2.08 bits per heavy atom. The molecule has 2 heterocycles. The van der Waals surface area contributed by atoms with E-state index in [9.17, 15) is 9.18 Å². The molecule has 1 aromatic carbocycles. The minimum Gasteiger partial charge on any atom is -0.495 e. The Balaban J connectivity index is 1.97. The van der Waals surface area contributed by atoms with E-state index in [1.54, 1.807) is 18.5 Å². The van der Waals surface area contributed by atoms with Gasteiger partial charge < -0.3 is 19.7 Å². The van der Waals surface area contributed by atoms with Crippen molar-refractivity contribution in [3.63, 3.8) is 0 Å². The number of nitrogens with zero attached hydrogens (tertiary/aromatic N) is 2. The molecular weight excluding hydrogens is 313 g/mol. The molecule has 1 amide bonds. The van der Waals surface area contributed by atoms with Crippen molar-refractivity contribution in [2.75, 3.05) is 43.6 Å². The van der Waals surface area contributed by atoms with Crippen molar-refractivity contribution in [1.29, 1.82) is 0 Å². The van der Waals surface area contributed by atoms with Crippen molar-refractivity contribution in [2.45, 2.75) is 0 Å². The molecule has 126 valence electrons. The van der Waals surface area contributed by atoms with Gasteiger partial charge in [0.15, 0.2) is 0 Å². The monoisotopic (exact) mass is 331 g/mol. The number of ether oxygens (including phenoxy) is 2. The van der Waals surface area contributed by atoms with Gasteiger partial charge >= 0.3 is 0 Å². The van der Waals surface area contributed by atoms with Gasteiger partial charge in [0.1, 0.15) is 11.6 Å². The van der Waals surface area contributed by atoms with E-state index in [4.69, 9.17) is 9.47 Å². The maximum atomic E-state index is 14.5. The molecule has 1 N–H and O–H groups in total. The summed E-state index contributed by atoms with van der Waals surface area (Å²) in [7, 11) is 1.47. The van der Waals surface area contributed by atoms with Gasteiger partial charge in [-0.05, 0) is 12.1 Å². The number of carbonyl (C=O) groups is 1. The smallest absolute Gasteiger partial charge is 0.211 e. The maximum absolute atomic E-state index is 14.5. The first kappa shape index (κ1) is 16.2. The molecule has 0 spiro atoms. The van der Waals surface area contributed by atoms with Gasteiger partial charge in [-0.3, -0.25) is 9.78 Å². The summed E-state index contributed by atoms with van der Waals surface area (Å²) >= 11 is 0. The number of hydrogen-bond acceptors (Lipinski definition) is 5. The van der Waals surface area contributed by atoms with Crippen LogP contribution in [-0.4, -0.2) is 44.8 Å². The van der Waals surface area contributed by atoms with Crippen molar-refractivity contribution >= 4 is 17.8 Å². The van der Waals surface area contributed by atoms with E-state index in [2.05, 4.69) is 15.2 Å². The molecule has 1 aliphatic heterocycles. The molecule has 1 saturated heterocycles. The molecule has 3 rings (SSSR count). The molecule has 2 aromatic rings. The number of amides is 1. The fourth-order valence-corrected chi connectivity index (χ4v) is 2.69. The Hall–Kier alpha value is -2.67. The van der Waals surface area contributed by atoms with Crippen molar-refractivity contribution < 1.29 is 18.7 Å². The predicted octanol–water partition coefficient (Wildman–Crippen LogP) is 2.30. The van der Waals surface area contributed by atoms with Crippen molar-refractivity contribution in [3.8, 4) is 16.9 Å². The van der Waals surface area contributed by atoms with Crippen LogP contribution in [0.25, 0.3) is 11.1 Å². The standard InChI is InChI=1S/C17H18FN3O3/c1-23-17-7-14(15(18)8-16(17)20-11-22)12-6-13(10-19-9-12)21-2-4-24-5-3-21/h6-11H,2-5H2,1H3,(H,20,22). The number of halogens is 1. The lowest BCUT2D eigenvalue weighted by Crippen LogP contribution is -2.36. The van der Waals surface area contributed by atoms with Crippen LogP contribution in [-0.2, 0) is 9.53 Å². The lowest BCUT2D eigenvalue weighted by Gasteiger charge is -2.28. The largest absolute Gasteiger partial charge is 0.495 e. The Labute approximate surface area is 139 Å². The third-order valence-electron chi connectivity index (χ3n) is 3.91. The van der Waals surface area contributed by atoms with Crippen LogP contribution in [0.3, 0.4) is 0 Å². The summed E-state index contributed by atoms with van der Waals surface area (Å²) in [5.41, 5.74) is 2.22. The van der Waals surface area contributed by atoms with Gasteiger partial charge in [-0.1, -0.05) is 0 Å². The highest BCUT2D eigenvalue weighted by Gasteiger charge is 2.15. The SMILES string of the molecule is COc1cc(-c2cncc(N3CCOCC3)c2)c(F)cc1NC=O. The maximum Gasteiger partial charge on any atom is 0.211 e. The number of carbonyl (C=O) groups excluding carboxylic acids is 1. The topological polar surface area (TPSA) is 63.7 Å². The molecule has 0 saturated carbocycles. The fourth-order valence-electron chi connectivity index (χ4n) is 2.69. The predicted molar refractivity (Wildman–Crippen MR) is 88.9 cm³/mol. The Bertz CT molecular complexity index is 733. The van der Waals surface area contributed by atoms with E-state index in [-0.39, 0.29) is 5.69 Å². The zero-order valence-electron chi connectivity index (χ0n) is 13.3. The number of aromatic nitrogens is 1. The van der Waals surface area contributed by atoms with E-state index in [0.717, 1.165) is 18.8 Å². The van der Waals surface area contributed by atoms with Gasteiger partial charge in [0.05, 0.1) is 37.9 Å². The summed E-state index contributed by atoms with van der Waals surface area (Å²) in [6.45, 7) is 2.88. The minimum atomic E-state index is -0.457. The van der Waals surface area contributed by atoms with Gasteiger partial charge in [0, 0.05) is 36.5 Å². The van der Waals surface area contributed by atoms with Crippen LogP contribution in [0.2, 0.25) is 0 Å². The average molecular weight is 331 g/mol. The Morgan fingerprint density at radius 3 is 2.79 bits per heavy atom. The van der Waals surface area contributed by atoms with Crippen molar-refractivity contribution in [2.24, 2.45) is 0 Å². The normalized spacial score (nSPS) is 14.3. The number of nitrogens with one attached hydrogen (secondary N) is 1. The second-order valence-electron chi connectivity index (χ2n) is 5.33. The van der Waals surface area contributed by atoms with E-state index >= 15 is 0 Å². The highest BCUT2D eigenvalue weighted by Crippen LogP contribution is 2.34. The van der Waals surface area contributed by atoms with Crippen LogP contribution < -0.4 is 15.0 Å². The molecule has 0 aliphatic carbocycles. The third-order valence-corrected chi connectivity index (χ3v) is 3.91. The highest BCUT2D eigenvalue weighted by molar-refractivity contribution is 5.79. The second kappa shape index (κ2) is 7.27. The summed E-state index contributed by atoms with van der Waals surface area (Å²) in [6, 6.07) is 4.69. The zero-order chi connectivity index (χ0) is 16.9. The summed E-state index contributed by atoms with van der Waals surface area (Å²) in [6.07, 6.45) is 3.85. The van der Waals surface area contributed by atoms with Crippen LogP contribution in [0.1, 0.15) is 0 Å². The number of anilines is 2. The van der Waals surface area contributed by atoms with Crippen LogP contribution >= 0.6 is 0 Å². The number of benzene rings is 1. The number of methoxy groups -OCH3 is 1. The van der Waals surface area contributed by atoms with Gasteiger partial charge in [0.2, 0.25) is 6.41 Å². The molecule has 0 radical (unpaired) electrons. The number of pyridine rings is 1. The summed E-state index contributed by atoms with van der Waals surface area (Å²) in [5.74, 6) is -0.0728. The number of rotatable bonds is 5. The lowest BCUT2D eigenvalue weighted by atomic mass is 10.0. The molecule has 24 heavy (non-hydrogen) atoms. The van der Waals surface area contributed by atoms with Crippen molar-refractivity contribution in [1.82, 2.24) is 4.98 Å². The van der Waals surface area contributed by atoms with E-state index < -0.39 is 5.82 Å². The summed E-state index contributed by atoms with van der Waals surface area (Å²) in [5, 5.41) is 2.43. The third kappa shape index (κ3) is 3.30. The first-order chi connectivity index (χ1) is 11.7. The Kier molecular flexibility index (Phi) is 4.90. The summed E-state index contributed by atoms with van der Waals surface area (Å²) < 4.78 is 25.1. The minimum absolute atomic E-state index is 0.283. The molecule has 0 unspecified atom stereocenters. The van der Waals surface area contributed by atoms with Gasteiger partial charge in [0.25, 0.3) is 0 Å². The van der Waals surface area contributed by atoms with Gasteiger partial charge in [-0.15, -0.1) is 0 Å². The molecule has 0 bridgehead atoms. The summed E-state index contributed by atoms with van der Waals surface area (Å²) in [4.78, 5) is 17.0. The first-order valence-electron chi connectivity index (χ1n) is 7.58. The fraction of sp³-hybridized carbons (Fsp3) is 0.294. The molecule has 1 fully saturated rings. The van der Waals surface area contributed by atoms with Crippen molar-refractivity contribution in [3.05, 3.63) is 36.4 Å². The second-order valence-corrected chi connectivity index (χ2v) is 5.33. The first-order valence-corrected chi connectivity index (χ1v) is 7.58. The van der Waals surface area contributed by atoms with Crippen LogP contribution in [0.4, 0.5) is 15.8 Å². The number of morpholine rings is 1. The zero-order valence-corrected chi connectivity index (χ0v) is 13.3. The molecule has 0 atom stereocenters. The van der Waals surface area contributed by atoms with Crippen LogP contribution in [0, 0.1) is 5.82 Å². The average Bonchev–Trinajstić information content (AvgIpc) is 2.63. The van der Waals surface area contributed by atoms with E-state index in [1.165, 1.54) is 13.2 Å².